The lowest BCUT2D eigenvalue weighted by atomic mass is 9.99. The molecule has 0 radical (unpaired) electrons. The van der Waals surface area contributed by atoms with Crippen LogP contribution in [0, 0.1) is 0 Å². The topological polar surface area (TPSA) is 91.0 Å². The number of fused-ring (bicyclic) bond motifs is 8. The second kappa shape index (κ2) is 11.6. The molecule has 0 fully saturated rings. The zero-order chi connectivity index (χ0) is 34.9. The van der Waals surface area contributed by atoms with Crippen LogP contribution in [0.25, 0.3) is 112 Å². The van der Waals surface area contributed by atoms with E-state index in [-0.39, 0.29) is 0 Å². The Morgan fingerprint density at radius 2 is 0.906 bits per heavy atom. The number of benzene rings is 7. The summed E-state index contributed by atoms with van der Waals surface area (Å²) in [4.78, 5) is 20.0. The fourth-order valence-corrected chi connectivity index (χ4v) is 7.24. The molecule has 0 unspecified atom stereocenters. The summed E-state index contributed by atoms with van der Waals surface area (Å²) in [5.74, 6) is 2.27. The first-order valence-electron chi connectivity index (χ1n) is 17.4. The Morgan fingerprint density at radius 1 is 0.340 bits per heavy atom. The molecule has 53 heavy (non-hydrogen) atoms. The molecule has 0 bridgehead atoms. The summed E-state index contributed by atoms with van der Waals surface area (Å²) in [6.45, 7) is 0. The maximum absolute atomic E-state index is 6.75. The van der Waals surface area contributed by atoms with Crippen LogP contribution in [-0.4, -0.2) is 19.9 Å². The van der Waals surface area contributed by atoms with Crippen molar-refractivity contribution in [2.75, 3.05) is 0 Å². The highest BCUT2D eigenvalue weighted by Crippen LogP contribution is 2.43. The summed E-state index contributed by atoms with van der Waals surface area (Å²) in [5.41, 5.74) is 9.76. The molecule has 0 amide bonds. The van der Waals surface area contributed by atoms with Gasteiger partial charge < -0.3 is 13.3 Å². The fraction of sp³-hybridized carbons (Fsp3) is 0. The predicted octanol–water partition coefficient (Wildman–Crippen LogP) is 12.1. The Bertz CT molecular complexity index is 3120. The van der Waals surface area contributed by atoms with E-state index in [9.17, 15) is 0 Å². The number of oxazole rings is 1. The third-order valence-electron chi connectivity index (χ3n) is 9.76. The number of furan rings is 2. The third kappa shape index (κ3) is 4.82. The average Bonchev–Trinajstić information content (AvgIpc) is 3.94. The molecule has 0 aliphatic carbocycles. The minimum atomic E-state index is 0.495. The van der Waals surface area contributed by atoms with Gasteiger partial charge in [0, 0.05) is 44.0 Å². The lowest BCUT2D eigenvalue weighted by molar-refractivity contribution is 0.619. The van der Waals surface area contributed by atoms with Crippen molar-refractivity contribution in [3.05, 3.63) is 158 Å². The van der Waals surface area contributed by atoms with Crippen LogP contribution in [0.4, 0.5) is 0 Å². The second-order valence-corrected chi connectivity index (χ2v) is 13.0. The Hall–Kier alpha value is -7.38. The SMILES string of the molecule is c1ccc(-c2nc(-c3ccccc3)nc(-c3cccc(-c4cc5oc6ccccc6c5c5nc(-c6ccc7c(c6)oc6ccccc67)oc45)c3)n2)cc1. The minimum Gasteiger partial charge on any atom is -0.456 e. The number of aromatic nitrogens is 4. The summed E-state index contributed by atoms with van der Waals surface area (Å²) >= 11 is 0. The van der Waals surface area contributed by atoms with E-state index in [0.717, 1.165) is 82.8 Å². The van der Waals surface area contributed by atoms with Gasteiger partial charge in [-0.25, -0.2) is 19.9 Å². The predicted molar refractivity (Wildman–Crippen MR) is 209 cm³/mol. The van der Waals surface area contributed by atoms with Gasteiger partial charge in [0.2, 0.25) is 5.89 Å². The summed E-state index contributed by atoms with van der Waals surface area (Å²) < 4.78 is 19.4. The number of rotatable bonds is 5. The molecule has 0 atom stereocenters. The van der Waals surface area contributed by atoms with Crippen LogP contribution < -0.4 is 0 Å². The van der Waals surface area contributed by atoms with Crippen LogP contribution in [0.5, 0.6) is 0 Å². The van der Waals surface area contributed by atoms with Gasteiger partial charge in [0.1, 0.15) is 27.8 Å². The molecule has 0 aliphatic heterocycles. The Balaban J connectivity index is 1.11. The van der Waals surface area contributed by atoms with E-state index in [1.54, 1.807) is 0 Å². The van der Waals surface area contributed by atoms with Crippen molar-refractivity contribution in [2.24, 2.45) is 0 Å². The van der Waals surface area contributed by atoms with Gasteiger partial charge in [-0.3, -0.25) is 0 Å². The molecule has 7 heteroatoms. The smallest absolute Gasteiger partial charge is 0.227 e. The Kier molecular flexibility index (Phi) is 6.42. The molecule has 4 aromatic heterocycles. The van der Waals surface area contributed by atoms with Crippen LogP contribution >= 0.6 is 0 Å². The molecule has 0 saturated heterocycles. The zero-order valence-electron chi connectivity index (χ0n) is 28.0. The molecule has 248 valence electrons. The quantitative estimate of drug-likeness (QED) is 0.178. The van der Waals surface area contributed by atoms with Gasteiger partial charge in [-0.1, -0.05) is 115 Å². The van der Waals surface area contributed by atoms with Gasteiger partial charge >= 0.3 is 0 Å². The van der Waals surface area contributed by atoms with Crippen molar-refractivity contribution in [3.63, 3.8) is 0 Å². The highest BCUT2D eigenvalue weighted by Gasteiger charge is 2.22. The third-order valence-corrected chi connectivity index (χ3v) is 9.76. The lowest BCUT2D eigenvalue weighted by Gasteiger charge is -2.10. The monoisotopic (exact) mass is 682 g/mol. The molecule has 4 heterocycles. The van der Waals surface area contributed by atoms with Crippen LogP contribution in [-0.2, 0) is 0 Å². The van der Waals surface area contributed by atoms with Crippen LogP contribution in [0.3, 0.4) is 0 Å². The molecule has 0 spiro atoms. The Labute approximate surface area is 301 Å². The first-order valence-corrected chi connectivity index (χ1v) is 17.4. The summed E-state index contributed by atoms with van der Waals surface area (Å²) in [6, 6.07) is 52.4. The van der Waals surface area contributed by atoms with Gasteiger partial charge in [0.05, 0.1) is 5.39 Å². The highest BCUT2D eigenvalue weighted by atomic mass is 16.4. The van der Waals surface area contributed by atoms with Gasteiger partial charge in [-0.15, -0.1) is 0 Å². The minimum absolute atomic E-state index is 0.495. The van der Waals surface area contributed by atoms with E-state index >= 15 is 0 Å². The van der Waals surface area contributed by atoms with Gasteiger partial charge in [-0.05, 0) is 48.0 Å². The first kappa shape index (κ1) is 29.4. The Morgan fingerprint density at radius 3 is 1.64 bits per heavy atom. The van der Waals surface area contributed by atoms with E-state index in [1.165, 1.54) is 0 Å². The molecule has 11 aromatic rings. The van der Waals surface area contributed by atoms with Crippen molar-refractivity contribution >= 4 is 55.0 Å². The van der Waals surface area contributed by atoms with Gasteiger partial charge in [-0.2, -0.15) is 0 Å². The van der Waals surface area contributed by atoms with E-state index in [2.05, 4.69) is 30.3 Å². The molecule has 7 nitrogen and oxygen atoms in total. The molecule has 0 saturated carbocycles. The van der Waals surface area contributed by atoms with Crippen molar-refractivity contribution in [2.45, 2.75) is 0 Å². The number of hydrogen-bond donors (Lipinski definition) is 0. The van der Waals surface area contributed by atoms with E-state index in [0.29, 0.717) is 28.9 Å². The second-order valence-electron chi connectivity index (χ2n) is 13.0. The van der Waals surface area contributed by atoms with E-state index in [4.69, 9.17) is 33.2 Å². The molecular weight excluding hydrogens is 657 g/mol. The average molecular weight is 683 g/mol. The lowest BCUT2D eigenvalue weighted by Crippen LogP contribution is -2.00. The van der Waals surface area contributed by atoms with Gasteiger partial charge in [0.25, 0.3) is 0 Å². The van der Waals surface area contributed by atoms with Crippen molar-refractivity contribution in [1.82, 2.24) is 19.9 Å². The molecular formula is C46H26N4O3. The maximum Gasteiger partial charge on any atom is 0.227 e. The molecule has 0 aliphatic rings. The molecule has 11 rings (SSSR count). The zero-order valence-corrected chi connectivity index (χ0v) is 28.0. The van der Waals surface area contributed by atoms with Crippen molar-refractivity contribution in [3.8, 4) is 56.7 Å². The molecule has 7 aromatic carbocycles. The largest absolute Gasteiger partial charge is 0.456 e. The summed E-state index contributed by atoms with van der Waals surface area (Å²) in [6.07, 6.45) is 0. The first-order chi connectivity index (χ1) is 26.2. The van der Waals surface area contributed by atoms with Crippen molar-refractivity contribution in [1.29, 1.82) is 0 Å². The number of para-hydroxylation sites is 2. The van der Waals surface area contributed by atoms with Gasteiger partial charge in [0.15, 0.2) is 23.1 Å². The number of hydrogen-bond acceptors (Lipinski definition) is 7. The van der Waals surface area contributed by atoms with Crippen LogP contribution in [0.2, 0.25) is 0 Å². The van der Waals surface area contributed by atoms with Crippen molar-refractivity contribution < 1.29 is 13.3 Å². The van der Waals surface area contributed by atoms with Crippen LogP contribution in [0.15, 0.2) is 171 Å². The fourth-order valence-electron chi connectivity index (χ4n) is 7.24. The molecule has 0 N–H and O–H groups in total. The van der Waals surface area contributed by atoms with E-state index in [1.807, 2.05) is 127 Å². The highest BCUT2D eigenvalue weighted by molar-refractivity contribution is 6.20. The van der Waals surface area contributed by atoms with Crippen LogP contribution in [0.1, 0.15) is 0 Å². The maximum atomic E-state index is 6.75. The summed E-state index contributed by atoms with van der Waals surface area (Å²) in [5, 5.41) is 4.01. The standard InChI is InChI=1S/C46H26N4O3/c1-3-12-27(13-4-1)43-48-44(28-14-5-2-6-15-28)50-45(49-43)30-17-11-16-29(24-30)35-26-39-40(34-19-8-10-21-37(34)52-39)41-42(35)53-46(47-41)31-22-23-33-32-18-7-9-20-36(32)51-38(33)25-31/h1-26H. The summed E-state index contributed by atoms with van der Waals surface area (Å²) in [7, 11) is 0. The normalized spacial score (nSPS) is 11.8. The van der Waals surface area contributed by atoms with E-state index < -0.39 is 0 Å². The number of nitrogens with zero attached hydrogens (tertiary/aromatic N) is 4.